The summed E-state index contributed by atoms with van der Waals surface area (Å²) in [4.78, 5) is 13.6. The number of rotatable bonds is 3. The van der Waals surface area contributed by atoms with Crippen molar-refractivity contribution in [2.45, 2.75) is 20.3 Å². The van der Waals surface area contributed by atoms with E-state index >= 15 is 0 Å². The summed E-state index contributed by atoms with van der Waals surface area (Å²) in [6.07, 6.45) is 0.860. The van der Waals surface area contributed by atoms with Crippen LogP contribution in [-0.2, 0) is 6.42 Å². The SMILES string of the molecule is CCc1c(C(=O)Nc2ccc3c(c2)OCCO3)csc1C. The molecule has 0 saturated heterocycles. The van der Waals surface area contributed by atoms with Crippen molar-refractivity contribution in [2.24, 2.45) is 0 Å². The van der Waals surface area contributed by atoms with Crippen LogP contribution in [0.1, 0.15) is 27.7 Å². The van der Waals surface area contributed by atoms with Gasteiger partial charge in [0.05, 0.1) is 5.56 Å². The number of carbonyl (C=O) groups excluding carboxylic acids is 1. The molecule has 5 heteroatoms. The first-order chi connectivity index (χ1) is 10.2. The van der Waals surface area contributed by atoms with E-state index in [4.69, 9.17) is 9.47 Å². The molecule has 0 unspecified atom stereocenters. The van der Waals surface area contributed by atoms with Crippen molar-refractivity contribution < 1.29 is 14.3 Å². The van der Waals surface area contributed by atoms with Gasteiger partial charge in [0, 0.05) is 22.0 Å². The predicted molar refractivity (Wildman–Crippen MR) is 83.8 cm³/mol. The molecule has 2 aromatic rings. The van der Waals surface area contributed by atoms with Crippen molar-refractivity contribution in [1.29, 1.82) is 0 Å². The van der Waals surface area contributed by atoms with E-state index in [0.717, 1.165) is 29.0 Å². The second-order valence-electron chi connectivity index (χ2n) is 4.85. The molecule has 0 aliphatic carbocycles. The molecule has 0 saturated carbocycles. The van der Waals surface area contributed by atoms with Crippen LogP contribution in [0.15, 0.2) is 23.6 Å². The Hall–Kier alpha value is -2.01. The number of hydrogen-bond donors (Lipinski definition) is 1. The average molecular weight is 303 g/mol. The fourth-order valence-electron chi connectivity index (χ4n) is 2.43. The summed E-state index contributed by atoms with van der Waals surface area (Å²) in [6.45, 7) is 5.21. The van der Waals surface area contributed by atoms with E-state index in [0.29, 0.717) is 19.0 Å². The summed E-state index contributed by atoms with van der Waals surface area (Å²) in [5, 5.41) is 4.85. The molecule has 0 spiro atoms. The van der Waals surface area contributed by atoms with Gasteiger partial charge in [0.25, 0.3) is 5.91 Å². The summed E-state index contributed by atoms with van der Waals surface area (Å²) in [6, 6.07) is 5.46. The van der Waals surface area contributed by atoms with Gasteiger partial charge in [-0.05, 0) is 31.0 Å². The van der Waals surface area contributed by atoms with Crippen molar-refractivity contribution in [3.63, 3.8) is 0 Å². The number of nitrogens with one attached hydrogen (secondary N) is 1. The Kier molecular flexibility index (Phi) is 3.84. The molecule has 3 rings (SSSR count). The van der Waals surface area contributed by atoms with Gasteiger partial charge >= 0.3 is 0 Å². The molecule has 110 valence electrons. The summed E-state index contributed by atoms with van der Waals surface area (Å²) in [7, 11) is 0. The van der Waals surface area contributed by atoms with Gasteiger partial charge in [-0.15, -0.1) is 11.3 Å². The molecule has 1 aromatic heterocycles. The third kappa shape index (κ3) is 2.74. The van der Waals surface area contributed by atoms with Crippen LogP contribution in [-0.4, -0.2) is 19.1 Å². The van der Waals surface area contributed by atoms with E-state index in [9.17, 15) is 4.79 Å². The second-order valence-corrected chi connectivity index (χ2v) is 5.93. The Labute approximate surface area is 127 Å². The minimum absolute atomic E-state index is 0.0760. The number of carbonyl (C=O) groups is 1. The zero-order valence-electron chi connectivity index (χ0n) is 12.1. The number of ether oxygens (including phenoxy) is 2. The minimum Gasteiger partial charge on any atom is -0.486 e. The van der Waals surface area contributed by atoms with E-state index in [2.05, 4.69) is 12.2 Å². The highest BCUT2D eigenvalue weighted by molar-refractivity contribution is 7.10. The monoisotopic (exact) mass is 303 g/mol. The Bertz CT molecular complexity index is 678. The summed E-state index contributed by atoms with van der Waals surface area (Å²) >= 11 is 1.61. The number of anilines is 1. The Balaban J connectivity index is 1.81. The molecule has 4 nitrogen and oxygen atoms in total. The van der Waals surface area contributed by atoms with Gasteiger partial charge in [-0.1, -0.05) is 6.92 Å². The number of aryl methyl sites for hydroxylation is 1. The maximum Gasteiger partial charge on any atom is 0.256 e. The first-order valence-corrected chi connectivity index (χ1v) is 7.85. The van der Waals surface area contributed by atoms with Crippen LogP contribution in [0.2, 0.25) is 0 Å². The van der Waals surface area contributed by atoms with Gasteiger partial charge in [0.15, 0.2) is 11.5 Å². The van der Waals surface area contributed by atoms with E-state index in [1.54, 1.807) is 17.4 Å². The summed E-state index contributed by atoms with van der Waals surface area (Å²) in [5.41, 5.74) is 2.60. The van der Waals surface area contributed by atoms with E-state index in [-0.39, 0.29) is 5.91 Å². The fraction of sp³-hybridized carbons (Fsp3) is 0.312. The fourth-order valence-corrected chi connectivity index (χ4v) is 3.37. The Morgan fingerprint density at radius 1 is 1.29 bits per heavy atom. The molecule has 0 bridgehead atoms. The van der Waals surface area contributed by atoms with Gasteiger partial charge in [0.1, 0.15) is 13.2 Å². The van der Waals surface area contributed by atoms with Crippen molar-refractivity contribution in [3.05, 3.63) is 39.6 Å². The maximum absolute atomic E-state index is 12.4. The van der Waals surface area contributed by atoms with Crippen LogP contribution in [0.5, 0.6) is 11.5 Å². The lowest BCUT2D eigenvalue weighted by Crippen LogP contribution is -2.16. The topological polar surface area (TPSA) is 47.6 Å². The third-order valence-corrected chi connectivity index (χ3v) is 4.46. The lowest BCUT2D eigenvalue weighted by atomic mass is 10.1. The molecule has 2 heterocycles. The van der Waals surface area contributed by atoms with E-state index in [1.807, 2.05) is 24.4 Å². The maximum atomic E-state index is 12.4. The Morgan fingerprint density at radius 2 is 2.05 bits per heavy atom. The minimum atomic E-state index is -0.0760. The Morgan fingerprint density at radius 3 is 2.81 bits per heavy atom. The molecule has 1 aliphatic heterocycles. The molecular weight excluding hydrogens is 286 g/mol. The van der Waals surface area contributed by atoms with Gasteiger partial charge in [-0.25, -0.2) is 0 Å². The largest absolute Gasteiger partial charge is 0.486 e. The van der Waals surface area contributed by atoms with Crippen LogP contribution in [0.4, 0.5) is 5.69 Å². The van der Waals surface area contributed by atoms with Crippen molar-refractivity contribution >= 4 is 22.9 Å². The molecule has 21 heavy (non-hydrogen) atoms. The lowest BCUT2D eigenvalue weighted by molar-refractivity contribution is 0.102. The number of amides is 1. The smallest absolute Gasteiger partial charge is 0.256 e. The first kappa shape index (κ1) is 13.9. The number of benzene rings is 1. The standard InChI is InChI=1S/C16H17NO3S/c1-3-12-10(2)21-9-13(12)16(18)17-11-4-5-14-15(8-11)20-7-6-19-14/h4-5,8-9H,3,6-7H2,1-2H3,(H,17,18). The predicted octanol–water partition coefficient (Wildman–Crippen LogP) is 3.64. The first-order valence-electron chi connectivity index (χ1n) is 6.97. The van der Waals surface area contributed by atoms with E-state index in [1.165, 1.54) is 4.88 Å². The van der Waals surface area contributed by atoms with Gasteiger partial charge < -0.3 is 14.8 Å². The highest BCUT2D eigenvalue weighted by Gasteiger charge is 2.16. The van der Waals surface area contributed by atoms with E-state index < -0.39 is 0 Å². The van der Waals surface area contributed by atoms with Crippen LogP contribution >= 0.6 is 11.3 Å². The average Bonchev–Trinajstić information content (AvgIpc) is 2.88. The molecular formula is C16H17NO3S. The molecule has 0 radical (unpaired) electrons. The number of fused-ring (bicyclic) bond motifs is 1. The number of hydrogen-bond acceptors (Lipinski definition) is 4. The van der Waals surface area contributed by atoms with Crippen molar-refractivity contribution in [2.75, 3.05) is 18.5 Å². The molecule has 1 aliphatic rings. The second kappa shape index (κ2) is 5.77. The summed E-state index contributed by atoms with van der Waals surface area (Å²) < 4.78 is 11.0. The van der Waals surface area contributed by atoms with Crippen LogP contribution in [0.3, 0.4) is 0 Å². The lowest BCUT2D eigenvalue weighted by Gasteiger charge is -2.19. The normalized spacial score (nSPS) is 13.0. The van der Waals surface area contributed by atoms with Gasteiger partial charge in [-0.2, -0.15) is 0 Å². The van der Waals surface area contributed by atoms with Crippen LogP contribution in [0.25, 0.3) is 0 Å². The molecule has 0 fully saturated rings. The zero-order valence-corrected chi connectivity index (χ0v) is 12.9. The highest BCUT2D eigenvalue weighted by Crippen LogP contribution is 2.33. The zero-order chi connectivity index (χ0) is 14.8. The van der Waals surface area contributed by atoms with Gasteiger partial charge in [-0.3, -0.25) is 4.79 Å². The molecule has 1 N–H and O–H groups in total. The molecule has 1 amide bonds. The summed E-state index contributed by atoms with van der Waals surface area (Å²) in [5.74, 6) is 1.32. The third-order valence-electron chi connectivity index (χ3n) is 3.50. The van der Waals surface area contributed by atoms with Crippen LogP contribution in [0, 0.1) is 6.92 Å². The van der Waals surface area contributed by atoms with Crippen molar-refractivity contribution in [3.8, 4) is 11.5 Å². The quantitative estimate of drug-likeness (QED) is 0.941. The number of thiophene rings is 1. The van der Waals surface area contributed by atoms with Crippen molar-refractivity contribution in [1.82, 2.24) is 0 Å². The highest BCUT2D eigenvalue weighted by atomic mass is 32.1. The molecule has 1 aromatic carbocycles. The van der Waals surface area contributed by atoms with Crippen LogP contribution < -0.4 is 14.8 Å². The van der Waals surface area contributed by atoms with Gasteiger partial charge in [0.2, 0.25) is 0 Å². The molecule has 0 atom stereocenters.